The van der Waals surface area contributed by atoms with Gasteiger partial charge in [-0.15, -0.1) is 0 Å². The number of carbonyl (C=O) groups is 1. The standard InChI is InChI=1S/C20H14Cl2N2O2S/c21-15-10-16(22)18(25)17(11-15)23-20(27)24-19(26)14-8-6-13(7-9-14)12-4-2-1-3-5-12/h1-11,25H,(H2,23,24,26,27). The highest BCUT2D eigenvalue weighted by molar-refractivity contribution is 7.80. The third kappa shape index (κ3) is 4.77. The van der Waals surface area contributed by atoms with Crippen LogP contribution in [0.25, 0.3) is 11.1 Å². The van der Waals surface area contributed by atoms with Gasteiger partial charge in [0.05, 0.1) is 10.7 Å². The van der Waals surface area contributed by atoms with Crippen molar-refractivity contribution in [3.8, 4) is 16.9 Å². The number of anilines is 1. The van der Waals surface area contributed by atoms with Gasteiger partial charge < -0.3 is 10.4 Å². The summed E-state index contributed by atoms with van der Waals surface area (Å²) in [5.41, 5.74) is 2.73. The lowest BCUT2D eigenvalue weighted by atomic mass is 10.0. The Labute approximate surface area is 171 Å². The van der Waals surface area contributed by atoms with E-state index in [0.717, 1.165) is 11.1 Å². The van der Waals surface area contributed by atoms with Crippen molar-refractivity contribution in [2.24, 2.45) is 0 Å². The lowest BCUT2D eigenvalue weighted by Gasteiger charge is -2.12. The molecule has 0 spiro atoms. The van der Waals surface area contributed by atoms with Gasteiger partial charge >= 0.3 is 0 Å². The lowest BCUT2D eigenvalue weighted by Crippen LogP contribution is -2.34. The molecule has 0 saturated heterocycles. The molecular formula is C20H14Cl2N2O2S. The molecule has 0 aromatic heterocycles. The Hall–Kier alpha value is -2.60. The molecule has 0 heterocycles. The van der Waals surface area contributed by atoms with Crippen LogP contribution in [0, 0.1) is 0 Å². The first kappa shape index (κ1) is 19.2. The van der Waals surface area contributed by atoms with Crippen LogP contribution in [0.4, 0.5) is 5.69 Å². The summed E-state index contributed by atoms with van der Waals surface area (Å²) in [5.74, 6) is -0.579. The molecule has 0 fully saturated rings. The Kier molecular flexibility index (Phi) is 5.96. The van der Waals surface area contributed by atoms with Crippen LogP contribution >= 0.6 is 35.4 Å². The molecule has 0 aliphatic carbocycles. The third-order valence-corrected chi connectivity index (χ3v) is 4.47. The van der Waals surface area contributed by atoms with Gasteiger partial charge in [-0.25, -0.2) is 0 Å². The number of phenolic OH excluding ortho intramolecular Hbond substituents is 1. The van der Waals surface area contributed by atoms with E-state index in [1.165, 1.54) is 12.1 Å². The molecule has 0 bridgehead atoms. The largest absolute Gasteiger partial charge is 0.504 e. The number of hydrogen-bond donors (Lipinski definition) is 3. The van der Waals surface area contributed by atoms with Crippen molar-refractivity contribution in [2.75, 3.05) is 5.32 Å². The van der Waals surface area contributed by atoms with E-state index in [1.807, 2.05) is 42.5 Å². The maximum Gasteiger partial charge on any atom is 0.257 e. The fourth-order valence-corrected chi connectivity index (χ4v) is 3.13. The number of phenols is 1. The van der Waals surface area contributed by atoms with E-state index in [9.17, 15) is 9.90 Å². The smallest absolute Gasteiger partial charge is 0.257 e. The molecule has 1 amide bonds. The Balaban J connectivity index is 1.67. The van der Waals surface area contributed by atoms with E-state index >= 15 is 0 Å². The zero-order valence-electron chi connectivity index (χ0n) is 13.9. The molecule has 3 N–H and O–H groups in total. The fraction of sp³-hybridized carbons (Fsp3) is 0. The number of thiocarbonyl (C=S) groups is 1. The van der Waals surface area contributed by atoms with E-state index in [2.05, 4.69) is 10.6 Å². The summed E-state index contributed by atoms with van der Waals surface area (Å²) in [6, 6.07) is 19.9. The Morgan fingerprint density at radius 1 is 0.926 bits per heavy atom. The monoisotopic (exact) mass is 416 g/mol. The summed E-state index contributed by atoms with van der Waals surface area (Å²) in [5, 5.41) is 15.6. The lowest BCUT2D eigenvalue weighted by molar-refractivity contribution is 0.0977. The van der Waals surface area contributed by atoms with Crippen LogP contribution in [-0.4, -0.2) is 16.1 Å². The van der Waals surface area contributed by atoms with Gasteiger partial charge in [0.2, 0.25) is 0 Å². The van der Waals surface area contributed by atoms with Gasteiger partial charge in [0.1, 0.15) is 0 Å². The minimum atomic E-state index is -0.375. The van der Waals surface area contributed by atoms with Crippen molar-refractivity contribution in [1.82, 2.24) is 5.32 Å². The quantitative estimate of drug-likeness (QED) is 0.390. The average Bonchev–Trinajstić information content (AvgIpc) is 2.66. The van der Waals surface area contributed by atoms with Gasteiger partial charge in [-0.2, -0.15) is 0 Å². The molecule has 136 valence electrons. The fourth-order valence-electron chi connectivity index (χ4n) is 2.43. The Bertz CT molecular complexity index is 993. The summed E-state index contributed by atoms with van der Waals surface area (Å²) in [6.45, 7) is 0. The normalized spacial score (nSPS) is 10.3. The molecule has 0 aliphatic heterocycles. The predicted molar refractivity (Wildman–Crippen MR) is 114 cm³/mol. The molecule has 0 saturated carbocycles. The van der Waals surface area contributed by atoms with E-state index in [1.54, 1.807) is 12.1 Å². The number of nitrogens with one attached hydrogen (secondary N) is 2. The predicted octanol–water partition coefficient (Wildman–Crippen LogP) is 5.49. The zero-order chi connectivity index (χ0) is 19.4. The summed E-state index contributed by atoms with van der Waals surface area (Å²) in [4.78, 5) is 12.4. The molecule has 3 aromatic carbocycles. The topological polar surface area (TPSA) is 61.4 Å². The number of halogens is 2. The second-order valence-corrected chi connectivity index (χ2v) is 6.89. The summed E-state index contributed by atoms with van der Waals surface area (Å²) in [6.07, 6.45) is 0. The second kappa shape index (κ2) is 8.39. The molecule has 7 heteroatoms. The molecule has 3 rings (SSSR count). The molecule has 27 heavy (non-hydrogen) atoms. The van der Waals surface area contributed by atoms with Crippen molar-refractivity contribution in [1.29, 1.82) is 0 Å². The third-order valence-electron chi connectivity index (χ3n) is 3.76. The minimum absolute atomic E-state index is 0.0146. The highest BCUT2D eigenvalue weighted by atomic mass is 35.5. The molecule has 4 nitrogen and oxygen atoms in total. The van der Waals surface area contributed by atoms with Crippen molar-refractivity contribution in [3.63, 3.8) is 0 Å². The van der Waals surface area contributed by atoms with Gasteiger partial charge in [-0.05, 0) is 47.6 Å². The van der Waals surface area contributed by atoms with Crippen molar-refractivity contribution < 1.29 is 9.90 Å². The van der Waals surface area contributed by atoms with Crippen LogP contribution in [0.15, 0.2) is 66.7 Å². The van der Waals surface area contributed by atoms with E-state index in [-0.39, 0.29) is 27.5 Å². The van der Waals surface area contributed by atoms with E-state index in [4.69, 9.17) is 35.4 Å². The average molecular weight is 417 g/mol. The summed E-state index contributed by atoms with van der Waals surface area (Å²) in [7, 11) is 0. The van der Waals surface area contributed by atoms with E-state index in [0.29, 0.717) is 10.6 Å². The van der Waals surface area contributed by atoms with Gasteiger partial charge in [-0.3, -0.25) is 10.1 Å². The highest BCUT2D eigenvalue weighted by Gasteiger charge is 2.12. The van der Waals surface area contributed by atoms with Gasteiger partial charge in [0.15, 0.2) is 10.9 Å². The second-order valence-electron chi connectivity index (χ2n) is 5.64. The number of carbonyl (C=O) groups excluding carboxylic acids is 1. The van der Waals surface area contributed by atoms with Crippen molar-refractivity contribution >= 4 is 52.1 Å². The first-order valence-corrected chi connectivity index (χ1v) is 9.06. The number of hydrogen-bond acceptors (Lipinski definition) is 3. The van der Waals surface area contributed by atoms with Crippen LogP contribution in [0.5, 0.6) is 5.75 Å². The Morgan fingerprint density at radius 2 is 1.56 bits per heavy atom. The van der Waals surface area contributed by atoms with Gasteiger partial charge in [0, 0.05) is 10.6 Å². The van der Waals surface area contributed by atoms with Crippen LogP contribution in [0.3, 0.4) is 0 Å². The molecule has 0 aliphatic rings. The maximum atomic E-state index is 12.4. The summed E-state index contributed by atoms with van der Waals surface area (Å²) >= 11 is 16.9. The van der Waals surface area contributed by atoms with Gasteiger partial charge in [-0.1, -0.05) is 65.7 Å². The molecule has 0 radical (unpaired) electrons. The SMILES string of the molecule is O=C(NC(=S)Nc1cc(Cl)cc(Cl)c1O)c1ccc(-c2ccccc2)cc1. The molecular weight excluding hydrogens is 403 g/mol. The van der Waals surface area contributed by atoms with Gasteiger partial charge in [0.25, 0.3) is 5.91 Å². The maximum absolute atomic E-state index is 12.4. The number of benzene rings is 3. The first-order chi connectivity index (χ1) is 12.9. The van der Waals surface area contributed by atoms with Crippen LogP contribution in [0.2, 0.25) is 10.0 Å². The number of aromatic hydroxyl groups is 1. The Morgan fingerprint density at radius 3 is 2.22 bits per heavy atom. The number of rotatable bonds is 3. The first-order valence-electron chi connectivity index (χ1n) is 7.90. The minimum Gasteiger partial charge on any atom is -0.504 e. The van der Waals surface area contributed by atoms with Crippen LogP contribution in [0.1, 0.15) is 10.4 Å². The van der Waals surface area contributed by atoms with Crippen LogP contribution < -0.4 is 10.6 Å². The van der Waals surface area contributed by atoms with E-state index < -0.39 is 0 Å². The summed E-state index contributed by atoms with van der Waals surface area (Å²) < 4.78 is 0. The highest BCUT2D eigenvalue weighted by Crippen LogP contribution is 2.34. The molecule has 3 aromatic rings. The van der Waals surface area contributed by atoms with Crippen LogP contribution in [-0.2, 0) is 0 Å². The molecule has 0 atom stereocenters. The van der Waals surface area contributed by atoms with Crippen molar-refractivity contribution in [3.05, 3.63) is 82.3 Å². The molecule has 0 unspecified atom stereocenters. The number of amides is 1. The van der Waals surface area contributed by atoms with Crippen molar-refractivity contribution in [2.45, 2.75) is 0 Å². The zero-order valence-corrected chi connectivity index (χ0v) is 16.2.